The van der Waals surface area contributed by atoms with Crippen LogP contribution in [0.2, 0.25) is 0 Å². The normalized spacial score (nSPS) is 9.88. The van der Waals surface area contributed by atoms with Crippen molar-refractivity contribution < 1.29 is 9.53 Å². The van der Waals surface area contributed by atoms with Gasteiger partial charge in [0.15, 0.2) is 0 Å². The quantitative estimate of drug-likeness (QED) is 0.332. The Morgan fingerprint density at radius 2 is 2.12 bits per heavy atom. The van der Waals surface area contributed by atoms with Crippen molar-refractivity contribution in [2.75, 3.05) is 6.61 Å². The Bertz CT molecular complexity index is 340. The van der Waals surface area contributed by atoms with Gasteiger partial charge in [-0.15, -0.1) is 0 Å². The van der Waals surface area contributed by atoms with Gasteiger partial charge >= 0.3 is 0 Å². The maximum Gasteiger partial charge on any atom is 0.233 e. The number of nitrogens with one attached hydrogen (secondary N) is 1. The largest absolute Gasteiger partial charge is 0.493 e. The summed E-state index contributed by atoms with van der Waals surface area (Å²) in [4.78, 5) is 10.8. The van der Waals surface area contributed by atoms with Crippen molar-refractivity contribution >= 4 is 5.91 Å². The fraction of sp³-hybridized carbons (Fsp3) is 0.417. The summed E-state index contributed by atoms with van der Waals surface area (Å²) in [5, 5.41) is 0. The lowest BCUT2D eigenvalue weighted by atomic mass is 10.2. The Morgan fingerprint density at radius 1 is 1.38 bits per heavy atom. The van der Waals surface area contributed by atoms with Crippen LogP contribution >= 0.6 is 0 Å². The van der Waals surface area contributed by atoms with E-state index in [0.717, 1.165) is 24.2 Å². The standard InChI is InChI=1S/C12H18N2O2/c1-10-6-2-3-7-11(10)16-9-5-4-8-12(15)14-13/h2-3,6-7H,4-5,8-9,13H2,1H3,(H,14,15). The minimum Gasteiger partial charge on any atom is -0.493 e. The van der Waals surface area contributed by atoms with Gasteiger partial charge < -0.3 is 4.74 Å². The highest BCUT2D eigenvalue weighted by atomic mass is 16.5. The van der Waals surface area contributed by atoms with Gasteiger partial charge in [0.25, 0.3) is 0 Å². The summed E-state index contributed by atoms with van der Waals surface area (Å²) in [6.07, 6.45) is 2.09. The Morgan fingerprint density at radius 3 is 2.81 bits per heavy atom. The molecule has 0 aliphatic rings. The fourth-order valence-corrected chi connectivity index (χ4v) is 1.36. The highest BCUT2D eigenvalue weighted by Crippen LogP contribution is 2.16. The van der Waals surface area contributed by atoms with Crippen LogP contribution in [0.3, 0.4) is 0 Å². The summed E-state index contributed by atoms with van der Waals surface area (Å²) in [6.45, 7) is 2.64. The van der Waals surface area contributed by atoms with E-state index in [9.17, 15) is 4.79 Å². The van der Waals surface area contributed by atoms with Crippen molar-refractivity contribution in [3.05, 3.63) is 29.8 Å². The molecule has 1 aromatic rings. The summed E-state index contributed by atoms with van der Waals surface area (Å²) in [7, 11) is 0. The van der Waals surface area contributed by atoms with Crippen LogP contribution in [0.15, 0.2) is 24.3 Å². The first kappa shape index (κ1) is 12.5. The van der Waals surface area contributed by atoms with Crippen LogP contribution in [0.25, 0.3) is 0 Å². The van der Waals surface area contributed by atoms with Crippen LogP contribution < -0.4 is 16.0 Å². The smallest absolute Gasteiger partial charge is 0.233 e. The molecule has 0 aromatic heterocycles. The average molecular weight is 222 g/mol. The molecule has 0 saturated carbocycles. The Labute approximate surface area is 95.8 Å². The first-order valence-electron chi connectivity index (χ1n) is 5.42. The number of para-hydroxylation sites is 1. The number of nitrogens with two attached hydrogens (primary N) is 1. The average Bonchev–Trinajstić information content (AvgIpc) is 2.30. The molecule has 0 aliphatic carbocycles. The van der Waals surface area contributed by atoms with Gasteiger partial charge in [0.1, 0.15) is 5.75 Å². The summed E-state index contributed by atoms with van der Waals surface area (Å²) < 4.78 is 5.59. The zero-order chi connectivity index (χ0) is 11.8. The third-order valence-corrected chi connectivity index (χ3v) is 2.31. The molecule has 0 unspecified atom stereocenters. The van der Waals surface area contributed by atoms with E-state index in [0.29, 0.717) is 13.0 Å². The molecule has 0 heterocycles. The Hall–Kier alpha value is -1.55. The monoisotopic (exact) mass is 222 g/mol. The zero-order valence-corrected chi connectivity index (χ0v) is 9.53. The molecule has 0 bridgehead atoms. The van der Waals surface area contributed by atoms with Gasteiger partial charge in [-0.1, -0.05) is 18.2 Å². The predicted octanol–water partition coefficient (Wildman–Crippen LogP) is 1.53. The first-order chi connectivity index (χ1) is 7.74. The summed E-state index contributed by atoms with van der Waals surface area (Å²) >= 11 is 0. The summed E-state index contributed by atoms with van der Waals surface area (Å²) in [6, 6.07) is 7.89. The van der Waals surface area contributed by atoms with Crippen molar-refractivity contribution in [2.45, 2.75) is 26.2 Å². The number of rotatable bonds is 6. The molecule has 1 amide bonds. The SMILES string of the molecule is Cc1ccccc1OCCCCC(=O)NN. The molecular weight excluding hydrogens is 204 g/mol. The van der Waals surface area contributed by atoms with E-state index in [-0.39, 0.29) is 5.91 Å². The second-order valence-corrected chi connectivity index (χ2v) is 3.64. The van der Waals surface area contributed by atoms with Crippen molar-refractivity contribution in [3.8, 4) is 5.75 Å². The number of carbonyl (C=O) groups is 1. The van der Waals surface area contributed by atoms with E-state index < -0.39 is 0 Å². The first-order valence-corrected chi connectivity index (χ1v) is 5.42. The molecule has 0 radical (unpaired) electrons. The lowest BCUT2D eigenvalue weighted by molar-refractivity contribution is -0.121. The molecule has 4 heteroatoms. The topological polar surface area (TPSA) is 64.3 Å². The lowest BCUT2D eigenvalue weighted by Crippen LogP contribution is -2.29. The van der Waals surface area contributed by atoms with Crippen molar-refractivity contribution in [1.82, 2.24) is 5.43 Å². The number of unbranched alkanes of at least 4 members (excludes halogenated alkanes) is 1. The van der Waals surface area contributed by atoms with E-state index in [1.54, 1.807) is 0 Å². The summed E-state index contributed by atoms with van der Waals surface area (Å²) in [5.74, 6) is 5.75. The fourth-order valence-electron chi connectivity index (χ4n) is 1.36. The number of hydrogen-bond donors (Lipinski definition) is 2. The molecule has 0 saturated heterocycles. The Kier molecular flexibility index (Phi) is 5.36. The molecule has 1 rings (SSSR count). The van der Waals surface area contributed by atoms with Crippen LogP contribution in [-0.2, 0) is 4.79 Å². The molecule has 0 atom stereocenters. The maximum absolute atomic E-state index is 10.8. The third kappa shape index (κ3) is 4.31. The van der Waals surface area contributed by atoms with Crippen LogP contribution in [0.5, 0.6) is 5.75 Å². The van der Waals surface area contributed by atoms with Crippen LogP contribution in [0, 0.1) is 6.92 Å². The minimum absolute atomic E-state index is 0.129. The van der Waals surface area contributed by atoms with E-state index in [1.807, 2.05) is 31.2 Å². The van der Waals surface area contributed by atoms with Crippen LogP contribution in [0.1, 0.15) is 24.8 Å². The van der Waals surface area contributed by atoms with E-state index in [1.165, 1.54) is 0 Å². The predicted molar refractivity (Wildman–Crippen MR) is 62.9 cm³/mol. The van der Waals surface area contributed by atoms with Gasteiger partial charge in [-0.2, -0.15) is 0 Å². The van der Waals surface area contributed by atoms with E-state index >= 15 is 0 Å². The van der Waals surface area contributed by atoms with Gasteiger partial charge in [-0.3, -0.25) is 10.2 Å². The molecule has 1 aromatic carbocycles. The number of carbonyl (C=O) groups excluding carboxylic acids is 1. The number of hydrogen-bond acceptors (Lipinski definition) is 3. The van der Waals surface area contributed by atoms with Crippen LogP contribution in [-0.4, -0.2) is 12.5 Å². The molecule has 0 aliphatic heterocycles. The molecule has 4 nitrogen and oxygen atoms in total. The molecule has 16 heavy (non-hydrogen) atoms. The van der Waals surface area contributed by atoms with Crippen molar-refractivity contribution in [1.29, 1.82) is 0 Å². The highest BCUT2D eigenvalue weighted by Gasteiger charge is 1.99. The lowest BCUT2D eigenvalue weighted by Gasteiger charge is -2.08. The van der Waals surface area contributed by atoms with Gasteiger partial charge in [0.05, 0.1) is 6.61 Å². The number of amides is 1. The van der Waals surface area contributed by atoms with Crippen LogP contribution in [0.4, 0.5) is 0 Å². The number of ether oxygens (including phenoxy) is 1. The number of benzene rings is 1. The minimum atomic E-state index is -0.129. The zero-order valence-electron chi connectivity index (χ0n) is 9.53. The molecule has 3 N–H and O–H groups in total. The Balaban J connectivity index is 2.17. The highest BCUT2D eigenvalue weighted by molar-refractivity contribution is 5.75. The van der Waals surface area contributed by atoms with E-state index in [2.05, 4.69) is 5.43 Å². The number of hydrazine groups is 1. The maximum atomic E-state index is 10.8. The molecule has 88 valence electrons. The van der Waals surface area contributed by atoms with Gasteiger partial charge in [0.2, 0.25) is 5.91 Å². The molecular formula is C12H18N2O2. The van der Waals surface area contributed by atoms with Gasteiger partial charge in [-0.25, -0.2) is 5.84 Å². The van der Waals surface area contributed by atoms with Gasteiger partial charge in [0, 0.05) is 6.42 Å². The number of aryl methyl sites for hydroxylation is 1. The van der Waals surface area contributed by atoms with E-state index in [4.69, 9.17) is 10.6 Å². The van der Waals surface area contributed by atoms with Gasteiger partial charge in [-0.05, 0) is 31.4 Å². The molecule has 0 spiro atoms. The van der Waals surface area contributed by atoms with Crippen molar-refractivity contribution in [2.24, 2.45) is 5.84 Å². The third-order valence-electron chi connectivity index (χ3n) is 2.31. The second-order valence-electron chi connectivity index (χ2n) is 3.64. The summed E-state index contributed by atoms with van der Waals surface area (Å²) in [5.41, 5.74) is 3.23. The second kappa shape index (κ2) is 6.85. The molecule has 0 fully saturated rings. The van der Waals surface area contributed by atoms with Crippen molar-refractivity contribution in [3.63, 3.8) is 0 Å².